The third kappa shape index (κ3) is 2.81. The van der Waals surface area contributed by atoms with Gasteiger partial charge in [-0.15, -0.1) is 0 Å². The van der Waals surface area contributed by atoms with Crippen molar-refractivity contribution in [3.63, 3.8) is 0 Å². The molecular formula is C12H17N3O2. The summed E-state index contributed by atoms with van der Waals surface area (Å²) in [4.78, 5) is 16.0. The van der Waals surface area contributed by atoms with Crippen LogP contribution in [-0.4, -0.2) is 43.2 Å². The van der Waals surface area contributed by atoms with Crippen molar-refractivity contribution in [1.29, 1.82) is 0 Å². The average molecular weight is 235 g/mol. The summed E-state index contributed by atoms with van der Waals surface area (Å²) in [6, 6.07) is 3.63. The Morgan fingerprint density at radius 2 is 2.35 bits per heavy atom. The highest BCUT2D eigenvalue weighted by atomic mass is 16.5. The lowest BCUT2D eigenvalue weighted by molar-refractivity contribution is 0.0779. The largest absolute Gasteiger partial charge is 0.378 e. The zero-order valence-electron chi connectivity index (χ0n) is 10.1. The van der Waals surface area contributed by atoms with Gasteiger partial charge in [0.15, 0.2) is 0 Å². The fourth-order valence-electron chi connectivity index (χ4n) is 1.90. The number of ether oxygens (including phenoxy) is 1. The maximum atomic E-state index is 11.9. The minimum atomic E-state index is -0.103. The summed E-state index contributed by atoms with van der Waals surface area (Å²) in [7, 11) is 1.66. The molecule has 0 aliphatic carbocycles. The summed E-state index contributed by atoms with van der Waals surface area (Å²) in [6.45, 7) is 3.40. The van der Waals surface area contributed by atoms with E-state index in [9.17, 15) is 4.79 Å². The number of nitrogens with zero attached hydrogens (tertiary/aromatic N) is 1. The van der Waals surface area contributed by atoms with E-state index in [1.54, 1.807) is 19.4 Å². The Balaban J connectivity index is 1.99. The van der Waals surface area contributed by atoms with Gasteiger partial charge >= 0.3 is 0 Å². The van der Waals surface area contributed by atoms with Crippen LogP contribution >= 0.6 is 0 Å². The molecule has 1 aromatic heterocycles. The lowest BCUT2D eigenvalue weighted by Crippen LogP contribution is -2.43. The second kappa shape index (κ2) is 5.25. The fourth-order valence-corrected chi connectivity index (χ4v) is 1.90. The summed E-state index contributed by atoms with van der Waals surface area (Å²) in [5.41, 5.74) is 1.48. The summed E-state index contributed by atoms with van der Waals surface area (Å²) < 4.78 is 5.29. The zero-order chi connectivity index (χ0) is 12.3. The fraction of sp³-hybridized carbons (Fsp3) is 0.500. The van der Waals surface area contributed by atoms with Gasteiger partial charge in [0, 0.05) is 32.1 Å². The number of carbonyl (C=O) groups excluding carboxylic acids is 1. The van der Waals surface area contributed by atoms with E-state index in [2.05, 4.69) is 15.6 Å². The van der Waals surface area contributed by atoms with Crippen LogP contribution in [0.3, 0.4) is 0 Å². The monoisotopic (exact) mass is 235 g/mol. The van der Waals surface area contributed by atoms with Crippen molar-refractivity contribution in [2.24, 2.45) is 0 Å². The van der Waals surface area contributed by atoms with E-state index in [1.165, 1.54) is 0 Å². The van der Waals surface area contributed by atoms with Crippen molar-refractivity contribution < 1.29 is 9.53 Å². The van der Waals surface area contributed by atoms with E-state index >= 15 is 0 Å². The number of hydrogen-bond acceptors (Lipinski definition) is 4. The van der Waals surface area contributed by atoms with Crippen LogP contribution in [0.5, 0.6) is 0 Å². The molecule has 2 atom stereocenters. The number of pyridine rings is 1. The van der Waals surface area contributed by atoms with Crippen LogP contribution in [0.15, 0.2) is 18.3 Å². The third-order valence-electron chi connectivity index (χ3n) is 2.95. The van der Waals surface area contributed by atoms with Crippen LogP contribution in [0.25, 0.3) is 0 Å². The molecule has 1 amide bonds. The second-order valence-electron chi connectivity index (χ2n) is 4.20. The molecule has 0 radical (unpaired) electrons. The first-order chi connectivity index (χ1) is 8.20. The van der Waals surface area contributed by atoms with Crippen molar-refractivity contribution in [2.75, 3.05) is 20.2 Å². The Morgan fingerprint density at radius 1 is 1.53 bits per heavy atom. The van der Waals surface area contributed by atoms with Crippen molar-refractivity contribution in [3.8, 4) is 0 Å². The normalized spacial score (nSPS) is 23.6. The molecule has 2 rings (SSSR count). The molecule has 1 aliphatic rings. The minimum absolute atomic E-state index is 0.0220. The molecule has 1 fully saturated rings. The van der Waals surface area contributed by atoms with Crippen LogP contribution in [0.2, 0.25) is 0 Å². The molecule has 0 saturated carbocycles. The van der Waals surface area contributed by atoms with Crippen LogP contribution in [-0.2, 0) is 4.74 Å². The first-order valence-corrected chi connectivity index (χ1v) is 5.67. The molecule has 0 aromatic carbocycles. The predicted molar refractivity (Wildman–Crippen MR) is 63.9 cm³/mol. The predicted octanol–water partition coefficient (Wildman–Crippen LogP) is 0.107. The first-order valence-electron chi connectivity index (χ1n) is 5.67. The number of hydrogen-bond donors (Lipinski definition) is 2. The molecule has 2 heterocycles. The van der Waals surface area contributed by atoms with Gasteiger partial charge < -0.3 is 15.4 Å². The Bertz CT molecular complexity index is 391. The molecule has 2 N–H and O–H groups in total. The van der Waals surface area contributed by atoms with Gasteiger partial charge in [0.25, 0.3) is 5.91 Å². The van der Waals surface area contributed by atoms with Crippen LogP contribution < -0.4 is 10.6 Å². The summed E-state index contributed by atoms with van der Waals surface area (Å²) in [6.07, 6.45) is 1.63. The van der Waals surface area contributed by atoms with Gasteiger partial charge in [-0.25, -0.2) is 0 Å². The average Bonchev–Trinajstić information content (AvgIpc) is 2.77. The minimum Gasteiger partial charge on any atom is -0.378 e. The van der Waals surface area contributed by atoms with Gasteiger partial charge in [0.2, 0.25) is 0 Å². The van der Waals surface area contributed by atoms with Gasteiger partial charge in [0.1, 0.15) is 0 Å². The van der Waals surface area contributed by atoms with Gasteiger partial charge in [-0.05, 0) is 19.1 Å². The zero-order valence-corrected chi connectivity index (χ0v) is 10.1. The number of carbonyl (C=O) groups is 1. The Hall–Kier alpha value is -1.46. The molecule has 1 saturated heterocycles. The summed E-state index contributed by atoms with van der Waals surface area (Å²) in [5, 5.41) is 6.13. The molecule has 0 bridgehead atoms. The molecule has 5 nitrogen and oxygen atoms in total. The SMILES string of the molecule is CO[C@H]1CNCC1NC(=O)c1ccc(C)nc1. The summed E-state index contributed by atoms with van der Waals surface area (Å²) in [5.74, 6) is -0.103. The highest BCUT2D eigenvalue weighted by molar-refractivity contribution is 5.94. The summed E-state index contributed by atoms with van der Waals surface area (Å²) >= 11 is 0. The lowest BCUT2D eigenvalue weighted by Gasteiger charge is -2.18. The Labute approximate surface area is 101 Å². The molecule has 17 heavy (non-hydrogen) atoms. The van der Waals surface area contributed by atoms with Gasteiger partial charge in [0.05, 0.1) is 17.7 Å². The van der Waals surface area contributed by atoms with Crippen molar-refractivity contribution in [1.82, 2.24) is 15.6 Å². The number of amides is 1. The third-order valence-corrected chi connectivity index (χ3v) is 2.95. The van der Waals surface area contributed by atoms with Crippen molar-refractivity contribution >= 4 is 5.91 Å². The first kappa shape index (κ1) is 12.0. The van der Waals surface area contributed by atoms with Crippen LogP contribution in [0, 0.1) is 6.92 Å². The van der Waals surface area contributed by atoms with E-state index in [0.29, 0.717) is 5.56 Å². The number of rotatable bonds is 3. The van der Waals surface area contributed by atoms with Gasteiger partial charge in [-0.1, -0.05) is 0 Å². The van der Waals surface area contributed by atoms with Crippen LogP contribution in [0.4, 0.5) is 0 Å². The Kier molecular flexibility index (Phi) is 3.71. The van der Waals surface area contributed by atoms with E-state index < -0.39 is 0 Å². The van der Waals surface area contributed by atoms with E-state index in [0.717, 1.165) is 18.8 Å². The number of methoxy groups -OCH3 is 1. The van der Waals surface area contributed by atoms with E-state index in [-0.39, 0.29) is 18.1 Å². The maximum absolute atomic E-state index is 11.9. The molecule has 1 aromatic rings. The number of aryl methyl sites for hydroxylation is 1. The Morgan fingerprint density at radius 3 is 3.00 bits per heavy atom. The topological polar surface area (TPSA) is 63.2 Å². The van der Waals surface area contributed by atoms with Gasteiger partial charge in [-0.2, -0.15) is 0 Å². The number of nitrogens with one attached hydrogen (secondary N) is 2. The number of aromatic nitrogens is 1. The second-order valence-corrected chi connectivity index (χ2v) is 4.20. The molecule has 0 spiro atoms. The van der Waals surface area contributed by atoms with Crippen molar-refractivity contribution in [3.05, 3.63) is 29.6 Å². The highest BCUT2D eigenvalue weighted by Crippen LogP contribution is 2.06. The molecule has 92 valence electrons. The maximum Gasteiger partial charge on any atom is 0.253 e. The molecule has 1 aliphatic heterocycles. The lowest BCUT2D eigenvalue weighted by atomic mass is 10.2. The standard InChI is InChI=1S/C12H17N3O2/c1-8-3-4-9(5-14-8)12(16)15-10-6-13-7-11(10)17-2/h3-5,10-11,13H,6-7H2,1-2H3,(H,15,16)/t10?,11-/m0/s1. The van der Waals surface area contributed by atoms with E-state index in [4.69, 9.17) is 4.74 Å². The van der Waals surface area contributed by atoms with Crippen LogP contribution in [0.1, 0.15) is 16.1 Å². The van der Waals surface area contributed by atoms with Gasteiger partial charge in [-0.3, -0.25) is 9.78 Å². The van der Waals surface area contributed by atoms with E-state index in [1.807, 2.05) is 13.0 Å². The smallest absolute Gasteiger partial charge is 0.253 e. The molecular weight excluding hydrogens is 218 g/mol. The molecule has 1 unspecified atom stereocenters. The highest BCUT2D eigenvalue weighted by Gasteiger charge is 2.28. The quantitative estimate of drug-likeness (QED) is 0.780. The molecule has 5 heteroatoms. The van der Waals surface area contributed by atoms with Crippen molar-refractivity contribution in [2.45, 2.75) is 19.1 Å².